The van der Waals surface area contributed by atoms with Crippen LogP contribution in [0.2, 0.25) is 0 Å². The zero-order valence-electron chi connectivity index (χ0n) is 6.07. The molecule has 0 saturated heterocycles. The van der Waals surface area contributed by atoms with Crippen molar-refractivity contribution in [3.05, 3.63) is 10.7 Å². The maximum Gasteiger partial charge on any atom is 0.192 e. The van der Waals surface area contributed by atoms with Gasteiger partial charge in [0, 0.05) is 19.4 Å². The summed E-state index contributed by atoms with van der Waals surface area (Å²) in [5.74, 6) is 0. The van der Waals surface area contributed by atoms with E-state index in [0.717, 1.165) is 6.26 Å². The summed E-state index contributed by atoms with van der Waals surface area (Å²) in [6.07, 6.45) is 1.15. The summed E-state index contributed by atoms with van der Waals surface area (Å²) in [5, 5.41) is 4.04. The molecule has 0 aliphatic rings. The van der Waals surface area contributed by atoms with Gasteiger partial charge in [-0.15, -0.1) is 0 Å². The minimum atomic E-state index is -3.14. The molecule has 1 rings (SSSR count). The number of aryl methyl sites for hydroxylation is 1. The molecule has 0 saturated carbocycles. The molecule has 0 atom stereocenters. The highest BCUT2D eigenvalue weighted by molar-refractivity contribution is 9.10. The van der Waals surface area contributed by atoms with Gasteiger partial charge in [-0.3, -0.25) is 4.68 Å². The van der Waals surface area contributed by atoms with E-state index in [1.807, 2.05) is 0 Å². The molecule has 0 unspecified atom stereocenters. The summed E-state index contributed by atoms with van der Waals surface area (Å²) in [6.45, 7) is 0. The topological polar surface area (TPSA) is 52.0 Å². The molecule has 6 heteroatoms. The Bertz CT molecular complexity index is 368. The minimum absolute atomic E-state index is 0.212. The lowest BCUT2D eigenvalue weighted by Gasteiger charge is -1.95. The Hall–Kier alpha value is -0.360. The molecule has 11 heavy (non-hydrogen) atoms. The van der Waals surface area contributed by atoms with Crippen molar-refractivity contribution >= 4 is 25.8 Å². The number of nitrogens with zero attached hydrogens (tertiary/aromatic N) is 2. The second kappa shape index (κ2) is 2.60. The van der Waals surface area contributed by atoms with E-state index in [1.165, 1.54) is 10.7 Å². The summed E-state index contributed by atoms with van der Waals surface area (Å²) in [6, 6.07) is 1.47. The SMILES string of the molecule is Cn1nc(Br)cc1S(C)(=O)=O. The van der Waals surface area contributed by atoms with Gasteiger partial charge < -0.3 is 0 Å². The Morgan fingerprint density at radius 3 is 2.36 bits per heavy atom. The van der Waals surface area contributed by atoms with Gasteiger partial charge in [-0.2, -0.15) is 5.10 Å². The standard InChI is InChI=1S/C5H7BrN2O2S/c1-8-5(11(2,9)10)3-4(6)7-8/h3H,1-2H3. The first kappa shape index (κ1) is 8.73. The quantitative estimate of drug-likeness (QED) is 0.720. The van der Waals surface area contributed by atoms with Crippen molar-refractivity contribution in [1.29, 1.82) is 0 Å². The first-order chi connectivity index (χ1) is 4.91. The van der Waals surface area contributed by atoms with Gasteiger partial charge in [-0.1, -0.05) is 0 Å². The van der Waals surface area contributed by atoms with Crippen molar-refractivity contribution in [2.75, 3.05) is 6.26 Å². The average Bonchev–Trinajstić information content (AvgIpc) is 2.08. The Morgan fingerprint density at radius 1 is 1.64 bits per heavy atom. The minimum Gasteiger partial charge on any atom is -0.256 e. The largest absolute Gasteiger partial charge is 0.256 e. The average molecular weight is 239 g/mol. The summed E-state index contributed by atoms with van der Waals surface area (Å²) >= 11 is 3.08. The van der Waals surface area contributed by atoms with Crippen LogP contribution in [-0.4, -0.2) is 24.5 Å². The van der Waals surface area contributed by atoms with Crippen LogP contribution in [0.1, 0.15) is 0 Å². The van der Waals surface area contributed by atoms with E-state index in [4.69, 9.17) is 0 Å². The molecular weight excluding hydrogens is 232 g/mol. The molecule has 0 radical (unpaired) electrons. The Kier molecular flexibility index (Phi) is 2.06. The van der Waals surface area contributed by atoms with Crippen LogP contribution in [0.4, 0.5) is 0 Å². The van der Waals surface area contributed by atoms with E-state index >= 15 is 0 Å². The Morgan fingerprint density at radius 2 is 2.18 bits per heavy atom. The molecule has 0 aliphatic carbocycles. The van der Waals surface area contributed by atoms with Crippen molar-refractivity contribution < 1.29 is 8.42 Å². The van der Waals surface area contributed by atoms with Gasteiger partial charge in [0.15, 0.2) is 14.9 Å². The summed E-state index contributed by atoms with van der Waals surface area (Å²) < 4.78 is 23.8. The highest BCUT2D eigenvalue weighted by Crippen LogP contribution is 2.13. The molecule has 4 nitrogen and oxygen atoms in total. The smallest absolute Gasteiger partial charge is 0.192 e. The fourth-order valence-electron chi connectivity index (χ4n) is 0.764. The zero-order valence-corrected chi connectivity index (χ0v) is 8.48. The fraction of sp³-hybridized carbons (Fsp3) is 0.400. The predicted molar refractivity (Wildman–Crippen MR) is 44.0 cm³/mol. The van der Waals surface area contributed by atoms with E-state index in [0.29, 0.717) is 4.60 Å². The van der Waals surface area contributed by atoms with Crippen molar-refractivity contribution in [2.24, 2.45) is 7.05 Å². The van der Waals surface area contributed by atoms with Crippen LogP contribution >= 0.6 is 15.9 Å². The summed E-state index contributed by atoms with van der Waals surface area (Å²) in [7, 11) is -1.56. The van der Waals surface area contributed by atoms with Crippen LogP contribution in [0.3, 0.4) is 0 Å². The molecule has 0 fully saturated rings. The molecule has 1 heterocycles. The normalized spacial score (nSPS) is 11.9. The van der Waals surface area contributed by atoms with Gasteiger partial charge in [0.25, 0.3) is 0 Å². The van der Waals surface area contributed by atoms with Crippen LogP contribution < -0.4 is 0 Å². The number of hydrogen-bond acceptors (Lipinski definition) is 3. The monoisotopic (exact) mass is 238 g/mol. The second-order valence-electron chi connectivity index (χ2n) is 2.20. The van der Waals surface area contributed by atoms with Crippen LogP contribution in [0, 0.1) is 0 Å². The summed E-state index contributed by atoms with van der Waals surface area (Å²) in [5.41, 5.74) is 0. The lowest BCUT2D eigenvalue weighted by molar-refractivity contribution is 0.582. The van der Waals surface area contributed by atoms with Gasteiger partial charge >= 0.3 is 0 Å². The van der Waals surface area contributed by atoms with E-state index in [2.05, 4.69) is 21.0 Å². The maximum atomic E-state index is 11.0. The second-order valence-corrected chi connectivity index (χ2v) is 4.98. The zero-order chi connectivity index (χ0) is 8.65. The molecule has 0 aromatic carbocycles. The third-order valence-electron chi connectivity index (χ3n) is 1.19. The first-order valence-electron chi connectivity index (χ1n) is 2.81. The van der Waals surface area contributed by atoms with Crippen molar-refractivity contribution in [3.63, 3.8) is 0 Å². The fourth-order valence-corrected chi connectivity index (χ4v) is 2.22. The molecule has 1 aromatic heterocycles. The van der Waals surface area contributed by atoms with E-state index < -0.39 is 9.84 Å². The first-order valence-corrected chi connectivity index (χ1v) is 5.49. The Balaban J connectivity index is 3.36. The number of hydrogen-bond donors (Lipinski definition) is 0. The van der Waals surface area contributed by atoms with Crippen molar-refractivity contribution in [1.82, 2.24) is 9.78 Å². The van der Waals surface area contributed by atoms with Crippen molar-refractivity contribution in [3.8, 4) is 0 Å². The van der Waals surface area contributed by atoms with Crippen molar-refractivity contribution in [2.45, 2.75) is 5.03 Å². The van der Waals surface area contributed by atoms with Crippen LogP contribution in [0.5, 0.6) is 0 Å². The molecule has 0 N–H and O–H groups in total. The van der Waals surface area contributed by atoms with E-state index in [9.17, 15) is 8.42 Å². The van der Waals surface area contributed by atoms with Crippen LogP contribution in [-0.2, 0) is 16.9 Å². The van der Waals surface area contributed by atoms with Gasteiger partial charge in [0.05, 0.1) is 0 Å². The third-order valence-corrected chi connectivity index (χ3v) is 2.72. The van der Waals surface area contributed by atoms with E-state index in [-0.39, 0.29) is 5.03 Å². The molecule has 0 amide bonds. The molecule has 1 aromatic rings. The maximum absolute atomic E-state index is 11.0. The summed E-state index contributed by atoms with van der Waals surface area (Å²) in [4.78, 5) is 0. The molecular formula is C5H7BrN2O2S. The predicted octanol–water partition coefficient (Wildman–Crippen LogP) is 0.586. The lowest BCUT2D eigenvalue weighted by atomic mass is 10.7. The Labute approximate surface area is 73.3 Å². The highest BCUT2D eigenvalue weighted by atomic mass is 79.9. The van der Waals surface area contributed by atoms with Crippen LogP contribution in [0.15, 0.2) is 15.7 Å². The van der Waals surface area contributed by atoms with Crippen LogP contribution in [0.25, 0.3) is 0 Å². The highest BCUT2D eigenvalue weighted by Gasteiger charge is 2.12. The molecule has 0 bridgehead atoms. The third kappa shape index (κ3) is 1.81. The van der Waals surface area contributed by atoms with Gasteiger partial charge in [0.2, 0.25) is 0 Å². The molecule has 0 aliphatic heterocycles. The van der Waals surface area contributed by atoms with Gasteiger partial charge in [-0.25, -0.2) is 8.42 Å². The molecule has 0 spiro atoms. The van der Waals surface area contributed by atoms with E-state index in [1.54, 1.807) is 7.05 Å². The number of aromatic nitrogens is 2. The molecule has 62 valence electrons. The van der Waals surface area contributed by atoms with Gasteiger partial charge in [-0.05, 0) is 15.9 Å². The lowest BCUT2D eigenvalue weighted by Crippen LogP contribution is -2.04. The number of halogens is 1. The number of sulfone groups is 1. The van der Waals surface area contributed by atoms with Gasteiger partial charge in [0.1, 0.15) is 4.60 Å². The number of rotatable bonds is 1.